The minimum atomic E-state index is -0.0410. The van der Waals surface area contributed by atoms with Gasteiger partial charge in [0, 0.05) is 38.6 Å². The number of amides is 2. The highest BCUT2D eigenvalue weighted by Crippen LogP contribution is 2.35. The molecule has 1 aromatic carbocycles. The molecule has 0 radical (unpaired) electrons. The Balaban J connectivity index is 2.01. The molecule has 2 amide bonds. The number of aromatic nitrogens is 1. The van der Waals surface area contributed by atoms with Crippen molar-refractivity contribution in [3.05, 3.63) is 71.6 Å². The van der Waals surface area contributed by atoms with Crippen molar-refractivity contribution >= 4 is 11.6 Å². The van der Waals surface area contributed by atoms with Gasteiger partial charge >= 0.3 is 6.03 Å². The smallest absolute Gasteiger partial charge is 0.320 e. The van der Waals surface area contributed by atoms with Crippen LogP contribution in [0.15, 0.2) is 54.9 Å². The summed E-state index contributed by atoms with van der Waals surface area (Å²) in [6, 6.07) is 12.1. The molecule has 1 unspecified atom stereocenters. The normalized spacial score (nSPS) is 17.1. The van der Waals surface area contributed by atoms with Gasteiger partial charge in [0.05, 0.1) is 6.04 Å². The zero-order valence-electron chi connectivity index (χ0n) is 13.7. The zero-order valence-corrected chi connectivity index (χ0v) is 13.7. The lowest BCUT2D eigenvalue weighted by Gasteiger charge is -2.28. The minimum Gasteiger partial charge on any atom is -0.331 e. The summed E-state index contributed by atoms with van der Waals surface area (Å²) in [6.07, 6.45) is 5.86. The highest BCUT2D eigenvalue weighted by atomic mass is 16.2. The van der Waals surface area contributed by atoms with E-state index < -0.39 is 0 Å². The molecular formula is C19H21N3O. The first-order valence-electron chi connectivity index (χ1n) is 7.72. The van der Waals surface area contributed by atoms with Gasteiger partial charge in [0.1, 0.15) is 0 Å². The van der Waals surface area contributed by atoms with E-state index in [1.165, 1.54) is 5.56 Å². The van der Waals surface area contributed by atoms with Crippen LogP contribution in [0, 0.1) is 6.92 Å². The maximum atomic E-state index is 12.6. The molecule has 118 valence electrons. The Bertz CT molecular complexity index is 737. The second-order valence-corrected chi connectivity index (χ2v) is 6.04. The number of carbonyl (C=O) groups excluding carboxylic acids is 1. The monoisotopic (exact) mass is 307 g/mol. The average molecular weight is 307 g/mol. The standard InChI is InChI=1S/C19H21N3O/c1-14-9-10-20-12-17(14)16-11-18(15-7-5-4-6-8-15)22(13-16)19(23)21(2)3/h4-12,18H,13H2,1-3H3. The Morgan fingerprint density at radius 1 is 1.22 bits per heavy atom. The SMILES string of the molecule is Cc1ccncc1C1=CC(c2ccccc2)N(C(=O)N(C)C)C1. The Hall–Kier alpha value is -2.62. The molecule has 0 saturated carbocycles. The molecule has 0 bridgehead atoms. The minimum absolute atomic E-state index is 0.0200. The summed E-state index contributed by atoms with van der Waals surface area (Å²) in [7, 11) is 3.58. The van der Waals surface area contributed by atoms with E-state index in [1.54, 1.807) is 25.2 Å². The molecule has 23 heavy (non-hydrogen) atoms. The Morgan fingerprint density at radius 3 is 2.61 bits per heavy atom. The van der Waals surface area contributed by atoms with Gasteiger partial charge in [-0.2, -0.15) is 0 Å². The molecule has 0 spiro atoms. The summed E-state index contributed by atoms with van der Waals surface area (Å²) in [4.78, 5) is 20.4. The van der Waals surface area contributed by atoms with Gasteiger partial charge in [-0.1, -0.05) is 36.4 Å². The first-order chi connectivity index (χ1) is 11.1. The second-order valence-electron chi connectivity index (χ2n) is 6.04. The topological polar surface area (TPSA) is 36.4 Å². The number of carbonyl (C=O) groups is 1. The Kier molecular flexibility index (Phi) is 4.15. The summed E-state index contributed by atoms with van der Waals surface area (Å²) >= 11 is 0. The summed E-state index contributed by atoms with van der Waals surface area (Å²) in [5.41, 5.74) is 4.57. The van der Waals surface area contributed by atoms with Crippen molar-refractivity contribution in [2.45, 2.75) is 13.0 Å². The molecule has 1 aliphatic rings. The predicted octanol–water partition coefficient (Wildman–Crippen LogP) is 3.51. The molecular weight excluding hydrogens is 286 g/mol. The first kappa shape index (κ1) is 15.3. The zero-order chi connectivity index (χ0) is 16.4. The molecule has 1 aliphatic heterocycles. The Labute approximate surface area is 137 Å². The maximum absolute atomic E-state index is 12.6. The number of benzene rings is 1. The van der Waals surface area contributed by atoms with Crippen molar-refractivity contribution in [2.75, 3.05) is 20.6 Å². The summed E-state index contributed by atoms with van der Waals surface area (Å²) in [5, 5.41) is 0. The maximum Gasteiger partial charge on any atom is 0.320 e. The number of nitrogens with zero attached hydrogens (tertiary/aromatic N) is 3. The van der Waals surface area contributed by atoms with Crippen LogP contribution in [0.25, 0.3) is 5.57 Å². The van der Waals surface area contributed by atoms with E-state index >= 15 is 0 Å². The van der Waals surface area contributed by atoms with Crippen LogP contribution in [0.4, 0.5) is 4.79 Å². The van der Waals surface area contributed by atoms with Crippen molar-refractivity contribution < 1.29 is 4.79 Å². The van der Waals surface area contributed by atoms with Crippen LogP contribution < -0.4 is 0 Å². The van der Waals surface area contributed by atoms with Crippen LogP contribution in [0.5, 0.6) is 0 Å². The van der Waals surface area contributed by atoms with Gasteiger partial charge in [-0.3, -0.25) is 4.98 Å². The van der Waals surface area contributed by atoms with Crippen LogP contribution in [0.3, 0.4) is 0 Å². The van der Waals surface area contributed by atoms with Crippen molar-refractivity contribution in [1.82, 2.24) is 14.8 Å². The number of aryl methyl sites for hydroxylation is 1. The van der Waals surface area contributed by atoms with Crippen molar-refractivity contribution in [3.8, 4) is 0 Å². The van der Waals surface area contributed by atoms with Gasteiger partial charge in [0.15, 0.2) is 0 Å². The van der Waals surface area contributed by atoms with E-state index in [9.17, 15) is 4.79 Å². The number of rotatable bonds is 2. The van der Waals surface area contributed by atoms with E-state index in [0.29, 0.717) is 6.54 Å². The van der Waals surface area contributed by atoms with Crippen LogP contribution in [-0.4, -0.2) is 41.5 Å². The van der Waals surface area contributed by atoms with Crippen LogP contribution in [0.2, 0.25) is 0 Å². The van der Waals surface area contributed by atoms with E-state index in [1.807, 2.05) is 35.4 Å². The van der Waals surface area contributed by atoms with Gasteiger partial charge < -0.3 is 9.80 Å². The van der Waals surface area contributed by atoms with E-state index in [4.69, 9.17) is 0 Å². The molecule has 4 heteroatoms. The molecule has 0 saturated heterocycles. The van der Waals surface area contributed by atoms with Crippen molar-refractivity contribution in [2.24, 2.45) is 0 Å². The lowest BCUT2D eigenvalue weighted by Crippen LogP contribution is -2.39. The number of urea groups is 1. The molecule has 4 nitrogen and oxygen atoms in total. The Morgan fingerprint density at radius 2 is 1.96 bits per heavy atom. The van der Waals surface area contributed by atoms with Gasteiger partial charge in [0.2, 0.25) is 0 Å². The molecule has 0 aliphatic carbocycles. The third-order valence-electron chi connectivity index (χ3n) is 4.19. The van der Waals surface area contributed by atoms with Crippen LogP contribution >= 0.6 is 0 Å². The van der Waals surface area contributed by atoms with E-state index in [0.717, 1.165) is 16.7 Å². The quantitative estimate of drug-likeness (QED) is 0.851. The van der Waals surface area contributed by atoms with Crippen LogP contribution in [0.1, 0.15) is 22.7 Å². The summed E-state index contributed by atoms with van der Waals surface area (Å²) in [5.74, 6) is 0. The third kappa shape index (κ3) is 2.97. The first-order valence-corrected chi connectivity index (χ1v) is 7.72. The van der Waals surface area contributed by atoms with Gasteiger partial charge in [-0.15, -0.1) is 0 Å². The predicted molar refractivity (Wildman–Crippen MR) is 91.9 cm³/mol. The van der Waals surface area contributed by atoms with Crippen molar-refractivity contribution in [1.29, 1.82) is 0 Å². The molecule has 0 N–H and O–H groups in total. The summed E-state index contributed by atoms with van der Waals surface area (Å²) in [6.45, 7) is 2.68. The summed E-state index contributed by atoms with van der Waals surface area (Å²) < 4.78 is 0. The van der Waals surface area contributed by atoms with E-state index in [2.05, 4.69) is 30.1 Å². The number of hydrogen-bond acceptors (Lipinski definition) is 2. The highest BCUT2D eigenvalue weighted by Gasteiger charge is 2.31. The lowest BCUT2D eigenvalue weighted by molar-refractivity contribution is 0.170. The fourth-order valence-corrected chi connectivity index (χ4v) is 2.96. The molecule has 1 atom stereocenters. The number of hydrogen-bond donors (Lipinski definition) is 0. The molecule has 2 heterocycles. The number of pyridine rings is 1. The molecule has 1 aromatic heterocycles. The lowest BCUT2D eigenvalue weighted by atomic mass is 10.0. The largest absolute Gasteiger partial charge is 0.331 e. The van der Waals surface area contributed by atoms with Crippen molar-refractivity contribution in [3.63, 3.8) is 0 Å². The highest BCUT2D eigenvalue weighted by molar-refractivity contribution is 5.82. The fraction of sp³-hybridized carbons (Fsp3) is 0.263. The fourth-order valence-electron chi connectivity index (χ4n) is 2.96. The molecule has 3 rings (SSSR count). The molecule has 2 aromatic rings. The van der Waals surface area contributed by atoms with Crippen LogP contribution in [-0.2, 0) is 0 Å². The van der Waals surface area contributed by atoms with Gasteiger partial charge in [-0.05, 0) is 29.7 Å². The van der Waals surface area contributed by atoms with Gasteiger partial charge in [-0.25, -0.2) is 4.79 Å². The molecule has 0 fully saturated rings. The van der Waals surface area contributed by atoms with E-state index in [-0.39, 0.29) is 12.1 Å². The third-order valence-corrected chi connectivity index (χ3v) is 4.19. The second kappa shape index (κ2) is 6.24. The average Bonchev–Trinajstić information content (AvgIpc) is 3.00. The van der Waals surface area contributed by atoms with Gasteiger partial charge in [0.25, 0.3) is 0 Å².